The molecule has 0 unspecified atom stereocenters. The quantitative estimate of drug-likeness (QED) is 0.395. The number of nitrogens with one attached hydrogen (secondary N) is 2. The Kier molecular flexibility index (Phi) is 6.36. The van der Waals surface area contributed by atoms with Crippen molar-refractivity contribution in [2.24, 2.45) is 0 Å². The van der Waals surface area contributed by atoms with Gasteiger partial charge in [0.2, 0.25) is 0 Å². The molecule has 7 nitrogen and oxygen atoms in total. The van der Waals surface area contributed by atoms with Crippen LogP contribution in [0.15, 0.2) is 65.2 Å². The van der Waals surface area contributed by atoms with E-state index in [2.05, 4.69) is 10.6 Å². The Labute approximate surface area is 155 Å². The fraction of sp³-hybridized carbons (Fsp3) is 0.0588. The van der Waals surface area contributed by atoms with Gasteiger partial charge < -0.3 is 10.6 Å². The lowest BCUT2D eigenvalue weighted by atomic mass is 10.2. The minimum absolute atomic E-state index is 0.129. The maximum absolute atomic E-state index is 12.1. The summed E-state index contributed by atoms with van der Waals surface area (Å²) in [5.74, 6) is -0.719. The number of amides is 1. The van der Waals surface area contributed by atoms with E-state index in [4.69, 9.17) is 21.4 Å². The molecule has 134 valence electrons. The highest BCUT2D eigenvalue weighted by atomic mass is 35.5. The summed E-state index contributed by atoms with van der Waals surface area (Å²) in [6.07, 6.45) is 1.26. The molecule has 0 aliphatic carbocycles. The maximum Gasteiger partial charge on any atom is 0.294 e. The van der Waals surface area contributed by atoms with Crippen molar-refractivity contribution >= 4 is 33.3 Å². The van der Waals surface area contributed by atoms with E-state index in [1.165, 1.54) is 24.4 Å². The van der Waals surface area contributed by atoms with E-state index >= 15 is 0 Å². The van der Waals surface area contributed by atoms with Crippen LogP contribution in [-0.4, -0.2) is 18.9 Å². The molecule has 0 bridgehead atoms. The highest BCUT2D eigenvalue weighted by molar-refractivity contribution is 7.85. The lowest BCUT2D eigenvalue weighted by Gasteiger charge is -2.06. The van der Waals surface area contributed by atoms with Gasteiger partial charge >= 0.3 is 0 Å². The zero-order valence-electron chi connectivity index (χ0n) is 13.3. The number of anilines is 1. The predicted molar refractivity (Wildman–Crippen MR) is 96.9 cm³/mol. The van der Waals surface area contributed by atoms with Crippen molar-refractivity contribution in [3.8, 4) is 6.07 Å². The van der Waals surface area contributed by atoms with Crippen LogP contribution in [-0.2, 0) is 21.5 Å². The number of carbonyl (C=O) groups is 1. The summed E-state index contributed by atoms with van der Waals surface area (Å²) in [4.78, 5) is 11.8. The SMILES string of the molecule is N#C/C(=C/NCc1ccc(Cl)cc1)C(=O)Nc1cccc(S(=O)(=O)O)c1. The van der Waals surface area contributed by atoms with Gasteiger partial charge in [-0.1, -0.05) is 29.8 Å². The van der Waals surface area contributed by atoms with E-state index in [-0.39, 0.29) is 16.2 Å². The van der Waals surface area contributed by atoms with Gasteiger partial charge in [-0.3, -0.25) is 9.35 Å². The second-order valence-electron chi connectivity index (χ2n) is 5.13. The topological polar surface area (TPSA) is 119 Å². The molecule has 0 aromatic heterocycles. The van der Waals surface area contributed by atoms with Crippen LogP contribution in [0.4, 0.5) is 5.69 Å². The van der Waals surface area contributed by atoms with E-state index in [9.17, 15) is 13.2 Å². The molecule has 0 radical (unpaired) electrons. The summed E-state index contributed by atoms with van der Waals surface area (Å²) in [6, 6.07) is 13.9. The van der Waals surface area contributed by atoms with Gasteiger partial charge in [0.1, 0.15) is 11.6 Å². The van der Waals surface area contributed by atoms with Gasteiger partial charge in [0.15, 0.2) is 0 Å². The molecule has 0 atom stereocenters. The summed E-state index contributed by atoms with van der Waals surface area (Å²) in [7, 11) is -4.39. The van der Waals surface area contributed by atoms with Crippen molar-refractivity contribution in [2.45, 2.75) is 11.4 Å². The fourth-order valence-corrected chi connectivity index (χ4v) is 2.61. The zero-order valence-corrected chi connectivity index (χ0v) is 14.9. The molecule has 3 N–H and O–H groups in total. The maximum atomic E-state index is 12.1. The Hall–Kier alpha value is -2.86. The number of nitriles is 1. The van der Waals surface area contributed by atoms with Crippen LogP contribution in [0.5, 0.6) is 0 Å². The van der Waals surface area contributed by atoms with Gasteiger partial charge in [-0.05, 0) is 35.9 Å². The number of nitrogens with zero attached hydrogens (tertiary/aromatic N) is 1. The number of rotatable bonds is 6. The molecular weight excluding hydrogens is 378 g/mol. The number of hydrogen-bond donors (Lipinski definition) is 3. The Morgan fingerprint density at radius 3 is 2.54 bits per heavy atom. The molecule has 2 aromatic rings. The minimum Gasteiger partial charge on any atom is -0.386 e. The van der Waals surface area contributed by atoms with Gasteiger partial charge in [0, 0.05) is 23.5 Å². The second kappa shape index (κ2) is 8.49. The van der Waals surface area contributed by atoms with Crippen LogP contribution in [0.2, 0.25) is 5.02 Å². The first-order chi connectivity index (χ1) is 12.3. The first-order valence-corrected chi connectivity index (χ1v) is 9.08. The highest BCUT2D eigenvalue weighted by Crippen LogP contribution is 2.16. The van der Waals surface area contributed by atoms with E-state index in [0.29, 0.717) is 11.6 Å². The number of halogens is 1. The summed E-state index contributed by atoms with van der Waals surface area (Å²) < 4.78 is 31.3. The third-order valence-electron chi connectivity index (χ3n) is 3.22. The van der Waals surface area contributed by atoms with Crippen molar-refractivity contribution in [1.29, 1.82) is 5.26 Å². The van der Waals surface area contributed by atoms with Gasteiger partial charge in [-0.25, -0.2) is 0 Å². The standard InChI is InChI=1S/C17H14ClN3O4S/c18-14-6-4-12(5-7-14)10-20-11-13(9-19)17(22)21-15-2-1-3-16(8-15)26(23,24)25/h1-8,11,20H,10H2,(H,21,22)(H,23,24,25)/b13-11-. The largest absolute Gasteiger partial charge is 0.386 e. The second-order valence-corrected chi connectivity index (χ2v) is 6.99. The first kappa shape index (κ1) is 19.5. The van der Waals surface area contributed by atoms with Crippen molar-refractivity contribution in [1.82, 2.24) is 5.32 Å². The van der Waals surface area contributed by atoms with Crippen molar-refractivity contribution in [3.05, 3.63) is 70.9 Å². The summed E-state index contributed by atoms with van der Waals surface area (Å²) in [6.45, 7) is 0.383. The predicted octanol–water partition coefficient (Wildman–Crippen LogP) is 2.72. The zero-order chi connectivity index (χ0) is 19.2. The lowest BCUT2D eigenvalue weighted by Crippen LogP contribution is -2.17. The number of hydrogen-bond acceptors (Lipinski definition) is 5. The molecule has 0 saturated carbocycles. The van der Waals surface area contributed by atoms with Crippen molar-refractivity contribution in [3.63, 3.8) is 0 Å². The van der Waals surface area contributed by atoms with Gasteiger partial charge in [0.25, 0.3) is 16.0 Å². The Bertz CT molecular complexity index is 980. The van der Waals surface area contributed by atoms with E-state index in [1.807, 2.05) is 0 Å². The van der Waals surface area contributed by atoms with Gasteiger partial charge in [0.05, 0.1) is 4.90 Å². The van der Waals surface area contributed by atoms with Crippen molar-refractivity contribution in [2.75, 3.05) is 5.32 Å². The molecule has 0 spiro atoms. The molecule has 9 heteroatoms. The molecular formula is C17H14ClN3O4S. The highest BCUT2D eigenvalue weighted by Gasteiger charge is 2.13. The molecule has 1 amide bonds. The van der Waals surface area contributed by atoms with Gasteiger partial charge in [-0.2, -0.15) is 13.7 Å². The molecule has 0 saturated heterocycles. The molecule has 26 heavy (non-hydrogen) atoms. The summed E-state index contributed by atoms with van der Waals surface area (Å²) in [5.41, 5.74) is 0.837. The van der Waals surface area contributed by atoms with Gasteiger partial charge in [-0.15, -0.1) is 0 Å². The van der Waals surface area contributed by atoms with Crippen molar-refractivity contribution < 1.29 is 17.8 Å². The van der Waals surface area contributed by atoms with Crippen LogP contribution in [0, 0.1) is 11.3 Å². The average Bonchev–Trinajstić information content (AvgIpc) is 2.59. The third-order valence-corrected chi connectivity index (χ3v) is 4.32. The Morgan fingerprint density at radius 1 is 1.23 bits per heavy atom. The fourth-order valence-electron chi connectivity index (χ4n) is 1.95. The molecule has 0 aliphatic heterocycles. The van der Waals surface area contributed by atoms with E-state index < -0.39 is 16.0 Å². The first-order valence-electron chi connectivity index (χ1n) is 7.26. The third kappa shape index (κ3) is 5.60. The average molecular weight is 392 g/mol. The van der Waals surface area contributed by atoms with E-state index in [1.54, 1.807) is 30.3 Å². The molecule has 0 fully saturated rings. The summed E-state index contributed by atoms with van der Waals surface area (Å²) in [5, 5.41) is 15.0. The lowest BCUT2D eigenvalue weighted by molar-refractivity contribution is -0.112. The minimum atomic E-state index is -4.39. The van der Waals surface area contributed by atoms with E-state index in [0.717, 1.165) is 11.6 Å². The molecule has 0 aliphatic rings. The van der Waals surface area contributed by atoms with Crippen LogP contribution in [0.1, 0.15) is 5.56 Å². The number of carbonyl (C=O) groups excluding carboxylic acids is 1. The monoisotopic (exact) mass is 391 g/mol. The molecule has 2 rings (SSSR count). The summed E-state index contributed by atoms with van der Waals surface area (Å²) >= 11 is 5.79. The molecule has 0 heterocycles. The number of benzene rings is 2. The Morgan fingerprint density at radius 2 is 1.92 bits per heavy atom. The molecule has 2 aromatic carbocycles. The normalized spacial score (nSPS) is 11.5. The van der Waals surface area contributed by atoms with Crippen LogP contribution >= 0.6 is 11.6 Å². The van der Waals surface area contributed by atoms with Crippen LogP contribution < -0.4 is 10.6 Å². The van der Waals surface area contributed by atoms with Crippen LogP contribution in [0.3, 0.4) is 0 Å². The Balaban J connectivity index is 2.04. The smallest absolute Gasteiger partial charge is 0.294 e. The van der Waals surface area contributed by atoms with Crippen LogP contribution in [0.25, 0.3) is 0 Å².